The van der Waals surface area contributed by atoms with Gasteiger partial charge in [0.1, 0.15) is 0 Å². The van der Waals surface area contributed by atoms with E-state index in [9.17, 15) is 4.79 Å². The lowest BCUT2D eigenvalue weighted by molar-refractivity contribution is -0.122. The van der Waals surface area contributed by atoms with Gasteiger partial charge in [0.15, 0.2) is 0 Å². The van der Waals surface area contributed by atoms with E-state index in [0.717, 1.165) is 18.1 Å². The zero-order valence-electron chi connectivity index (χ0n) is 11.6. The number of nitrogens with one attached hydrogen (secondary N) is 2. The molecule has 0 aromatic heterocycles. The van der Waals surface area contributed by atoms with Crippen molar-refractivity contribution in [3.63, 3.8) is 0 Å². The van der Waals surface area contributed by atoms with Crippen LogP contribution in [-0.2, 0) is 10.2 Å². The number of rotatable bonds is 4. The SMILES string of the molecule is CC(C)(CNC(=O)C1CSCCN1)c1ccccc1. The fraction of sp³-hybridized carbons (Fsp3) is 0.533. The number of thioether (sulfide) groups is 1. The lowest BCUT2D eigenvalue weighted by atomic mass is 9.84. The predicted molar refractivity (Wildman–Crippen MR) is 81.6 cm³/mol. The van der Waals surface area contributed by atoms with Crippen molar-refractivity contribution in [1.82, 2.24) is 10.6 Å². The van der Waals surface area contributed by atoms with Crippen molar-refractivity contribution in [3.05, 3.63) is 35.9 Å². The molecule has 1 aromatic carbocycles. The maximum Gasteiger partial charge on any atom is 0.238 e. The zero-order valence-corrected chi connectivity index (χ0v) is 12.4. The summed E-state index contributed by atoms with van der Waals surface area (Å²) in [6.07, 6.45) is 0. The van der Waals surface area contributed by atoms with Crippen LogP contribution in [0.1, 0.15) is 19.4 Å². The summed E-state index contributed by atoms with van der Waals surface area (Å²) in [4.78, 5) is 12.1. The van der Waals surface area contributed by atoms with E-state index in [4.69, 9.17) is 0 Å². The number of carbonyl (C=O) groups excluding carboxylic acids is 1. The van der Waals surface area contributed by atoms with Crippen molar-refractivity contribution in [3.8, 4) is 0 Å². The molecule has 0 radical (unpaired) electrons. The Morgan fingerprint density at radius 1 is 1.42 bits per heavy atom. The largest absolute Gasteiger partial charge is 0.354 e. The maximum atomic E-state index is 12.1. The molecular formula is C15H22N2OS. The molecule has 0 bridgehead atoms. The number of benzene rings is 1. The molecule has 0 spiro atoms. The molecule has 1 aliphatic rings. The van der Waals surface area contributed by atoms with Crippen LogP contribution in [0.25, 0.3) is 0 Å². The quantitative estimate of drug-likeness (QED) is 0.882. The van der Waals surface area contributed by atoms with Crippen LogP contribution in [0.3, 0.4) is 0 Å². The van der Waals surface area contributed by atoms with Crippen LogP contribution in [0.15, 0.2) is 30.3 Å². The highest BCUT2D eigenvalue weighted by molar-refractivity contribution is 7.99. The lowest BCUT2D eigenvalue weighted by Crippen LogP contribution is -2.51. The van der Waals surface area contributed by atoms with E-state index in [1.54, 1.807) is 0 Å². The molecule has 104 valence electrons. The second-order valence-electron chi connectivity index (χ2n) is 5.55. The van der Waals surface area contributed by atoms with Gasteiger partial charge in [0.05, 0.1) is 6.04 Å². The molecule has 19 heavy (non-hydrogen) atoms. The van der Waals surface area contributed by atoms with Crippen LogP contribution >= 0.6 is 11.8 Å². The molecule has 1 atom stereocenters. The molecule has 0 saturated carbocycles. The normalized spacial score (nSPS) is 20.0. The number of amides is 1. The molecule has 1 aromatic rings. The first kappa shape index (κ1) is 14.4. The summed E-state index contributed by atoms with van der Waals surface area (Å²) in [5.74, 6) is 2.09. The molecule has 1 amide bonds. The standard InChI is InChI=1S/C15H22N2OS/c1-15(2,12-6-4-3-5-7-12)11-17-14(18)13-10-19-9-8-16-13/h3-7,13,16H,8-11H2,1-2H3,(H,17,18). The summed E-state index contributed by atoms with van der Waals surface area (Å²) in [5.41, 5.74) is 1.21. The van der Waals surface area contributed by atoms with Gasteiger partial charge in [-0.15, -0.1) is 0 Å². The third-order valence-corrected chi connectivity index (χ3v) is 4.56. The van der Waals surface area contributed by atoms with Gasteiger partial charge in [-0.25, -0.2) is 0 Å². The van der Waals surface area contributed by atoms with E-state index in [0.29, 0.717) is 6.54 Å². The summed E-state index contributed by atoms with van der Waals surface area (Å²) < 4.78 is 0. The fourth-order valence-electron chi connectivity index (χ4n) is 2.16. The summed E-state index contributed by atoms with van der Waals surface area (Å²) >= 11 is 1.84. The highest BCUT2D eigenvalue weighted by Crippen LogP contribution is 2.21. The van der Waals surface area contributed by atoms with Crippen molar-refractivity contribution in [2.45, 2.75) is 25.3 Å². The second-order valence-corrected chi connectivity index (χ2v) is 6.70. The highest BCUT2D eigenvalue weighted by atomic mass is 32.2. The molecular weight excluding hydrogens is 256 g/mol. The van der Waals surface area contributed by atoms with Crippen LogP contribution in [0.5, 0.6) is 0 Å². The summed E-state index contributed by atoms with van der Waals surface area (Å²) in [6, 6.07) is 10.3. The average molecular weight is 278 g/mol. The first-order chi connectivity index (χ1) is 9.09. The minimum absolute atomic E-state index is 0.0367. The number of carbonyl (C=O) groups is 1. The minimum atomic E-state index is -0.0429. The maximum absolute atomic E-state index is 12.1. The minimum Gasteiger partial charge on any atom is -0.354 e. The summed E-state index contributed by atoms with van der Waals surface area (Å²) in [5, 5.41) is 6.34. The highest BCUT2D eigenvalue weighted by Gasteiger charge is 2.25. The molecule has 2 N–H and O–H groups in total. The Balaban J connectivity index is 1.88. The van der Waals surface area contributed by atoms with Gasteiger partial charge in [0, 0.05) is 30.0 Å². The predicted octanol–water partition coefficient (Wildman–Crippen LogP) is 1.79. The van der Waals surface area contributed by atoms with Crippen molar-refractivity contribution in [1.29, 1.82) is 0 Å². The van der Waals surface area contributed by atoms with Gasteiger partial charge < -0.3 is 10.6 Å². The average Bonchev–Trinajstić information content (AvgIpc) is 2.47. The summed E-state index contributed by atoms with van der Waals surface area (Å²) in [6.45, 7) is 5.90. The van der Waals surface area contributed by atoms with Gasteiger partial charge in [0.2, 0.25) is 5.91 Å². The van der Waals surface area contributed by atoms with Crippen molar-refractivity contribution < 1.29 is 4.79 Å². The first-order valence-electron chi connectivity index (χ1n) is 6.74. The Morgan fingerprint density at radius 2 is 2.16 bits per heavy atom. The summed E-state index contributed by atoms with van der Waals surface area (Å²) in [7, 11) is 0. The van der Waals surface area contributed by atoms with Crippen LogP contribution in [-0.4, -0.2) is 36.5 Å². The van der Waals surface area contributed by atoms with E-state index in [1.165, 1.54) is 5.56 Å². The van der Waals surface area contributed by atoms with E-state index < -0.39 is 0 Å². The molecule has 2 rings (SSSR count). The van der Waals surface area contributed by atoms with E-state index >= 15 is 0 Å². The monoisotopic (exact) mass is 278 g/mol. The smallest absolute Gasteiger partial charge is 0.238 e. The Bertz CT molecular complexity index is 413. The van der Waals surface area contributed by atoms with E-state index in [2.05, 4.69) is 36.6 Å². The molecule has 4 heteroatoms. The van der Waals surface area contributed by atoms with Crippen LogP contribution in [0, 0.1) is 0 Å². The van der Waals surface area contributed by atoms with Gasteiger partial charge in [-0.2, -0.15) is 11.8 Å². The van der Waals surface area contributed by atoms with Crippen molar-refractivity contribution >= 4 is 17.7 Å². The topological polar surface area (TPSA) is 41.1 Å². The van der Waals surface area contributed by atoms with Crippen molar-refractivity contribution in [2.75, 3.05) is 24.6 Å². The third-order valence-electron chi connectivity index (χ3n) is 3.50. The lowest BCUT2D eigenvalue weighted by Gasteiger charge is -2.28. The number of hydrogen-bond donors (Lipinski definition) is 2. The number of hydrogen-bond acceptors (Lipinski definition) is 3. The Hall–Kier alpha value is -1.00. The Kier molecular flexibility index (Phi) is 4.88. The molecule has 1 aliphatic heterocycles. The molecule has 1 fully saturated rings. The third kappa shape index (κ3) is 3.98. The Labute approximate surface area is 119 Å². The van der Waals surface area contributed by atoms with Gasteiger partial charge in [-0.1, -0.05) is 44.2 Å². The van der Waals surface area contributed by atoms with Crippen LogP contribution < -0.4 is 10.6 Å². The van der Waals surface area contributed by atoms with E-state index in [-0.39, 0.29) is 17.4 Å². The molecule has 0 aliphatic carbocycles. The van der Waals surface area contributed by atoms with Crippen molar-refractivity contribution in [2.24, 2.45) is 0 Å². The molecule has 1 unspecified atom stereocenters. The fourth-order valence-corrected chi connectivity index (χ4v) is 3.09. The second kappa shape index (κ2) is 6.44. The van der Waals surface area contributed by atoms with Gasteiger partial charge in [0.25, 0.3) is 0 Å². The Morgan fingerprint density at radius 3 is 2.79 bits per heavy atom. The first-order valence-corrected chi connectivity index (χ1v) is 7.89. The molecule has 1 saturated heterocycles. The van der Waals surface area contributed by atoms with Crippen LogP contribution in [0.2, 0.25) is 0 Å². The molecule has 3 nitrogen and oxygen atoms in total. The van der Waals surface area contributed by atoms with Gasteiger partial charge >= 0.3 is 0 Å². The van der Waals surface area contributed by atoms with Gasteiger partial charge in [-0.05, 0) is 5.56 Å². The molecule has 1 heterocycles. The van der Waals surface area contributed by atoms with E-state index in [1.807, 2.05) is 30.0 Å². The zero-order chi connectivity index (χ0) is 13.7. The van der Waals surface area contributed by atoms with Gasteiger partial charge in [-0.3, -0.25) is 4.79 Å². The van der Waals surface area contributed by atoms with Crippen LogP contribution in [0.4, 0.5) is 0 Å².